The molecular weight excluding hydrogens is 506 g/mol. The van der Waals surface area contributed by atoms with Crippen molar-refractivity contribution in [2.24, 2.45) is 4.99 Å². The van der Waals surface area contributed by atoms with Crippen LogP contribution in [0, 0.1) is 5.82 Å². The van der Waals surface area contributed by atoms with Crippen molar-refractivity contribution in [2.45, 2.75) is 52.0 Å². The van der Waals surface area contributed by atoms with Crippen LogP contribution in [-0.2, 0) is 6.42 Å². The van der Waals surface area contributed by atoms with Gasteiger partial charge in [0.2, 0.25) is 0 Å². The van der Waals surface area contributed by atoms with Crippen LogP contribution in [0.5, 0.6) is 0 Å². The molecule has 2 aromatic rings. The lowest BCUT2D eigenvalue weighted by Gasteiger charge is -2.33. The van der Waals surface area contributed by atoms with Crippen LogP contribution in [0.25, 0.3) is 5.69 Å². The van der Waals surface area contributed by atoms with Gasteiger partial charge in [-0.05, 0) is 63.1 Å². The van der Waals surface area contributed by atoms with E-state index in [4.69, 9.17) is 4.99 Å². The highest BCUT2D eigenvalue weighted by molar-refractivity contribution is 14.0. The van der Waals surface area contributed by atoms with Gasteiger partial charge in [-0.25, -0.2) is 9.07 Å². The van der Waals surface area contributed by atoms with Crippen LogP contribution in [-0.4, -0.2) is 59.4 Å². The zero-order valence-electron chi connectivity index (χ0n) is 18.7. The molecule has 1 aliphatic heterocycles. The van der Waals surface area contributed by atoms with Gasteiger partial charge in [0.1, 0.15) is 5.82 Å². The van der Waals surface area contributed by atoms with Gasteiger partial charge in [-0.2, -0.15) is 5.10 Å². The van der Waals surface area contributed by atoms with Gasteiger partial charge in [0.15, 0.2) is 5.96 Å². The maximum Gasteiger partial charge on any atom is 0.191 e. The number of unbranched alkanes of at least 4 members (excludes halogenated alkanes) is 1. The first-order valence-corrected chi connectivity index (χ1v) is 11.3. The number of likely N-dealkylation sites (tertiary alicyclic amines) is 1. The second kappa shape index (κ2) is 13.7. The van der Waals surface area contributed by atoms with Crippen LogP contribution < -0.4 is 10.6 Å². The molecule has 1 fully saturated rings. The smallest absolute Gasteiger partial charge is 0.191 e. The van der Waals surface area contributed by atoms with Gasteiger partial charge < -0.3 is 15.5 Å². The third-order valence-electron chi connectivity index (χ3n) is 5.47. The highest BCUT2D eigenvalue weighted by atomic mass is 127. The van der Waals surface area contributed by atoms with Crippen molar-refractivity contribution in [1.82, 2.24) is 25.3 Å². The van der Waals surface area contributed by atoms with Crippen LogP contribution in [0.1, 0.15) is 45.2 Å². The summed E-state index contributed by atoms with van der Waals surface area (Å²) in [5.74, 6) is 0.651. The van der Waals surface area contributed by atoms with Crippen LogP contribution in [0.4, 0.5) is 4.39 Å². The molecule has 0 atom stereocenters. The van der Waals surface area contributed by atoms with Gasteiger partial charge in [0.05, 0.1) is 11.4 Å². The number of benzene rings is 1. The number of aliphatic imine (C=N–C) groups is 1. The third-order valence-corrected chi connectivity index (χ3v) is 5.47. The van der Waals surface area contributed by atoms with Crippen molar-refractivity contribution in [3.63, 3.8) is 0 Å². The van der Waals surface area contributed by atoms with E-state index in [-0.39, 0.29) is 29.8 Å². The average Bonchev–Trinajstić information content (AvgIpc) is 3.23. The SMILES string of the molecule is CCCCN1CCC(NC(=NCCc2ccn(-c3ccc(F)cc3)n2)NCC)CC1.I. The Hall–Kier alpha value is -1.68. The molecule has 1 saturated heterocycles. The minimum absolute atomic E-state index is 0. The van der Waals surface area contributed by atoms with E-state index in [0.29, 0.717) is 12.6 Å². The van der Waals surface area contributed by atoms with E-state index in [9.17, 15) is 4.39 Å². The van der Waals surface area contributed by atoms with Gasteiger partial charge in [0.25, 0.3) is 0 Å². The summed E-state index contributed by atoms with van der Waals surface area (Å²) in [5, 5.41) is 11.5. The molecule has 8 heteroatoms. The van der Waals surface area contributed by atoms with Gasteiger partial charge in [-0.3, -0.25) is 4.99 Å². The Morgan fingerprint density at radius 3 is 2.58 bits per heavy atom. The molecule has 0 amide bonds. The Morgan fingerprint density at radius 1 is 1.16 bits per heavy atom. The minimum atomic E-state index is -0.240. The lowest BCUT2D eigenvalue weighted by atomic mass is 10.0. The molecule has 0 unspecified atom stereocenters. The number of nitrogens with one attached hydrogen (secondary N) is 2. The van der Waals surface area contributed by atoms with Crippen LogP contribution in [0.15, 0.2) is 41.5 Å². The standard InChI is InChI=1S/C23H35FN6.HI/c1-3-5-15-29-16-11-20(12-17-29)27-23(25-4-2)26-14-10-21-13-18-30(28-21)22-8-6-19(24)7-9-22;/h6-9,13,18,20H,3-5,10-12,14-17H2,1-2H3,(H2,25,26,27);1H. The topological polar surface area (TPSA) is 57.5 Å². The number of hydrogen-bond acceptors (Lipinski definition) is 3. The number of aromatic nitrogens is 2. The maximum absolute atomic E-state index is 13.1. The summed E-state index contributed by atoms with van der Waals surface area (Å²) in [5.41, 5.74) is 1.83. The quantitative estimate of drug-likeness (QED) is 0.286. The highest BCUT2D eigenvalue weighted by Crippen LogP contribution is 2.11. The number of hydrogen-bond donors (Lipinski definition) is 2. The summed E-state index contributed by atoms with van der Waals surface area (Å²) < 4.78 is 14.9. The molecule has 0 spiro atoms. The molecule has 0 radical (unpaired) electrons. The predicted octanol–water partition coefficient (Wildman–Crippen LogP) is 3.99. The summed E-state index contributed by atoms with van der Waals surface area (Å²) in [6.45, 7) is 9.42. The Morgan fingerprint density at radius 2 is 1.90 bits per heavy atom. The van der Waals surface area contributed by atoms with E-state index in [1.165, 1.54) is 31.5 Å². The fraction of sp³-hybridized carbons (Fsp3) is 0.565. The molecule has 0 aliphatic carbocycles. The largest absolute Gasteiger partial charge is 0.357 e. The molecule has 31 heavy (non-hydrogen) atoms. The first kappa shape index (κ1) is 25.6. The van der Waals surface area contributed by atoms with Gasteiger partial charge >= 0.3 is 0 Å². The fourth-order valence-corrected chi connectivity index (χ4v) is 3.71. The molecule has 2 N–H and O–H groups in total. The monoisotopic (exact) mass is 542 g/mol. The number of nitrogens with zero attached hydrogens (tertiary/aromatic N) is 4. The molecule has 1 aliphatic rings. The summed E-state index contributed by atoms with van der Waals surface area (Å²) in [4.78, 5) is 7.32. The van der Waals surface area contributed by atoms with Crippen molar-refractivity contribution < 1.29 is 4.39 Å². The van der Waals surface area contributed by atoms with Gasteiger partial charge in [-0.15, -0.1) is 24.0 Å². The zero-order chi connectivity index (χ0) is 21.2. The molecule has 172 valence electrons. The van der Waals surface area contributed by atoms with E-state index in [2.05, 4.69) is 34.5 Å². The van der Waals surface area contributed by atoms with E-state index >= 15 is 0 Å². The molecule has 0 saturated carbocycles. The normalized spacial score (nSPS) is 15.5. The highest BCUT2D eigenvalue weighted by Gasteiger charge is 2.19. The summed E-state index contributed by atoms with van der Waals surface area (Å²) in [6.07, 6.45) is 7.55. The van der Waals surface area contributed by atoms with Crippen molar-refractivity contribution in [2.75, 3.05) is 32.7 Å². The Balaban J connectivity index is 0.00000341. The summed E-state index contributed by atoms with van der Waals surface area (Å²) >= 11 is 0. The minimum Gasteiger partial charge on any atom is -0.357 e. The Kier molecular flexibility index (Phi) is 11.3. The van der Waals surface area contributed by atoms with Crippen LogP contribution >= 0.6 is 24.0 Å². The molecule has 0 bridgehead atoms. The van der Waals surface area contributed by atoms with Crippen LogP contribution in [0.2, 0.25) is 0 Å². The van der Waals surface area contributed by atoms with Gasteiger partial charge in [-0.1, -0.05) is 13.3 Å². The molecule has 6 nitrogen and oxygen atoms in total. The van der Waals surface area contributed by atoms with Crippen molar-refractivity contribution in [3.05, 3.63) is 48.0 Å². The molecule has 1 aromatic carbocycles. The number of guanidine groups is 1. The third kappa shape index (κ3) is 8.40. The van der Waals surface area contributed by atoms with Crippen molar-refractivity contribution in [3.8, 4) is 5.69 Å². The van der Waals surface area contributed by atoms with E-state index in [0.717, 1.165) is 56.2 Å². The summed E-state index contributed by atoms with van der Waals surface area (Å²) in [7, 11) is 0. The number of halogens is 2. The maximum atomic E-state index is 13.1. The molecule has 2 heterocycles. The first-order chi connectivity index (χ1) is 14.7. The van der Waals surface area contributed by atoms with Gasteiger partial charge in [0, 0.05) is 44.8 Å². The second-order valence-corrected chi connectivity index (χ2v) is 7.85. The van der Waals surface area contributed by atoms with E-state index < -0.39 is 0 Å². The lowest BCUT2D eigenvalue weighted by Crippen LogP contribution is -2.48. The molecule has 1 aromatic heterocycles. The van der Waals surface area contributed by atoms with Crippen molar-refractivity contribution in [1.29, 1.82) is 0 Å². The first-order valence-electron chi connectivity index (χ1n) is 11.3. The van der Waals surface area contributed by atoms with E-state index in [1.54, 1.807) is 16.8 Å². The Labute approximate surface area is 202 Å². The number of piperidine rings is 1. The Bertz CT molecular complexity index is 784. The van der Waals surface area contributed by atoms with Crippen LogP contribution in [0.3, 0.4) is 0 Å². The molecule has 3 rings (SSSR count). The molecular formula is C23H36FIN6. The second-order valence-electron chi connectivity index (χ2n) is 7.85. The lowest BCUT2D eigenvalue weighted by molar-refractivity contribution is 0.203. The van der Waals surface area contributed by atoms with Crippen molar-refractivity contribution >= 4 is 29.9 Å². The fourth-order valence-electron chi connectivity index (χ4n) is 3.71. The van der Waals surface area contributed by atoms with E-state index in [1.807, 2.05) is 12.3 Å². The zero-order valence-corrected chi connectivity index (χ0v) is 21.0. The number of rotatable bonds is 9. The summed E-state index contributed by atoms with van der Waals surface area (Å²) in [6, 6.07) is 8.83. The average molecular weight is 542 g/mol. The predicted molar refractivity (Wildman–Crippen MR) is 136 cm³/mol.